The molecule has 80 valence electrons. The lowest BCUT2D eigenvalue weighted by molar-refractivity contribution is 0.0427. The molecule has 1 heterocycles. The average Bonchev–Trinajstić information content (AvgIpc) is 2.19. The third kappa shape index (κ3) is 2.67. The Bertz CT molecular complexity index is 352. The molecule has 1 N–H and O–H groups in total. The fourth-order valence-corrected chi connectivity index (χ4v) is 1.81. The highest BCUT2D eigenvalue weighted by Crippen LogP contribution is 2.33. The smallest absolute Gasteiger partial charge is 0.135 e. The fraction of sp³-hybridized carbons (Fsp3) is 0.250. The minimum Gasteiger partial charge on any atom is -0.384 e. The molecule has 1 rings (SSSR count). The molecule has 0 spiro atoms. The molecule has 0 aliphatic heterocycles. The Kier molecular flexibility index (Phi) is 4.06. The number of aromatic nitrogens is 1. The summed E-state index contributed by atoms with van der Waals surface area (Å²) in [6, 6.07) is 3.51. The molecule has 0 radical (unpaired) electrons. The van der Waals surface area contributed by atoms with Crippen molar-refractivity contribution >= 4 is 11.6 Å². The van der Waals surface area contributed by atoms with Crippen LogP contribution in [0.15, 0.2) is 43.6 Å². The molecular formula is C12H14ClNO. The van der Waals surface area contributed by atoms with Crippen molar-refractivity contribution in [2.45, 2.75) is 18.4 Å². The van der Waals surface area contributed by atoms with Crippen molar-refractivity contribution in [3.05, 3.63) is 54.4 Å². The van der Waals surface area contributed by atoms with E-state index in [0.717, 1.165) is 0 Å². The second kappa shape index (κ2) is 5.10. The molecule has 0 amide bonds. The zero-order valence-electron chi connectivity index (χ0n) is 8.49. The second-order valence-corrected chi connectivity index (χ2v) is 3.72. The summed E-state index contributed by atoms with van der Waals surface area (Å²) in [5, 5.41) is 10.7. The van der Waals surface area contributed by atoms with Crippen LogP contribution in [0.4, 0.5) is 0 Å². The van der Waals surface area contributed by atoms with E-state index in [4.69, 9.17) is 11.6 Å². The summed E-state index contributed by atoms with van der Waals surface area (Å²) < 4.78 is 0. The van der Waals surface area contributed by atoms with Crippen LogP contribution >= 0.6 is 11.6 Å². The standard InChI is InChI=1S/C12H14ClNO/c1-3-7-12(15,8-4-2)10-6-5-9-14-11(10)13/h3-6,9,15H,1-2,7-8H2. The number of pyridine rings is 1. The van der Waals surface area contributed by atoms with Crippen molar-refractivity contribution in [3.8, 4) is 0 Å². The van der Waals surface area contributed by atoms with Crippen LogP contribution in [-0.2, 0) is 5.60 Å². The molecule has 1 aromatic rings. The molecule has 1 aromatic heterocycles. The van der Waals surface area contributed by atoms with Crippen molar-refractivity contribution in [2.75, 3.05) is 0 Å². The predicted molar refractivity (Wildman–Crippen MR) is 62.8 cm³/mol. The molecule has 15 heavy (non-hydrogen) atoms. The van der Waals surface area contributed by atoms with E-state index in [1.54, 1.807) is 30.5 Å². The fourth-order valence-electron chi connectivity index (χ4n) is 1.51. The van der Waals surface area contributed by atoms with E-state index in [9.17, 15) is 5.11 Å². The molecule has 0 aliphatic rings. The molecule has 0 fully saturated rings. The number of aliphatic hydroxyl groups is 1. The summed E-state index contributed by atoms with van der Waals surface area (Å²) in [6.07, 6.45) is 5.75. The highest BCUT2D eigenvalue weighted by Gasteiger charge is 2.28. The van der Waals surface area contributed by atoms with Crippen LogP contribution in [0.3, 0.4) is 0 Å². The van der Waals surface area contributed by atoms with Crippen LogP contribution < -0.4 is 0 Å². The number of rotatable bonds is 5. The Labute approximate surface area is 94.9 Å². The van der Waals surface area contributed by atoms with Gasteiger partial charge in [-0.05, 0) is 18.9 Å². The Morgan fingerprint density at radius 1 is 1.40 bits per heavy atom. The SMILES string of the molecule is C=CCC(O)(CC=C)c1cccnc1Cl. The molecule has 3 heteroatoms. The largest absolute Gasteiger partial charge is 0.384 e. The minimum atomic E-state index is -1.05. The van der Waals surface area contributed by atoms with E-state index < -0.39 is 5.60 Å². The zero-order chi connectivity index (χ0) is 11.3. The molecule has 0 atom stereocenters. The number of hydrogen-bond acceptors (Lipinski definition) is 2. The van der Waals surface area contributed by atoms with Gasteiger partial charge in [-0.15, -0.1) is 13.2 Å². The summed E-state index contributed by atoms with van der Waals surface area (Å²) in [7, 11) is 0. The van der Waals surface area contributed by atoms with E-state index >= 15 is 0 Å². The summed E-state index contributed by atoms with van der Waals surface area (Å²) in [5.74, 6) is 0. The average molecular weight is 224 g/mol. The van der Waals surface area contributed by atoms with E-state index in [1.165, 1.54) is 0 Å². The first-order valence-corrected chi connectivity index (χ1v) is 5.07. The summed E-state index contributed by atoms with van der Waals surface area (Å²) in [6.45, 7) is 7.25. The first kappa shape index (κ1) is 12.0. The highest BCUT2D eigenvalue weighted by atomic mass is 35.5. The van der Waals surface area contributed by atoms with E-state index in [2.05, 4.69) is 18.1 Å². The van der Waals surface area contributed by atoms with Gasteiger partial charge in [0.15, 0.2) is 0 Å². The number of nitrogens with zero attached hydrogens (tertiary/aromatic N) is 1. The predicted octanol–water partition coefficient (Wildman–Crippen LogP) is 3.07. The normalized spacial score (nSPS) is 11.1. The Morgan fingerprint density at radius 2 is 2.00 bits per heavy atom. The summed E-state index contributed by atoms with van der Waals surface area (Å²) >= 11 is 5.94. The second-order valence-electron chi connectivity index (χ2n) is 3.36. The lowest BCUT2D eigenvalue weighted by atomic mass is 9.88. The van der Waals surface area contributed by atoms with Crippen LogP contribution in [0.25, 0.3) is 0 Å². The molecule has 0 saturated carbocycles. The minimum absolute atomic E-state index is 0.323. The van der Waals surface area contributed by atoms with Gasteiger partial charge in [0.1, 0.15) is 5.15 Å². The maximum absolute atomic E-state index is 10.4. The molecule has 0 unspecified atom stereocenters. The van der Waals surface area contributed by atoms with Gasteiger partial charge in [-0.1, -0.05) is 29.8 Å². The van der Waals surface area contributed by atoms with Gasteiger partial charge < -0.3 is 5.11 Å². The highest BCUT2D eigenvalue weighted by molar-refractivity contribution is 6.30. The molecule has 2 nitrogen and oxygen atoms in total. The monoisotopic (exact) mass is 223 g/mol. The molecule has 0 aliphatic carbocycles. The van der Waals surface area contributed by atoms with Crippen molar-refractivity contribution < 1.29 is 5.11 Å². The Balaban J connectivity index is 3.13. The molecule has 0 bridgehead atoms. The summed E-state index contributed by atoms with van der Waals surface area (Å²) in [5.41, 5.74) is -0.430. The molecule has 0 aromatic carbocycles. The van der Waals surface area contributed by atoms with Gasteiger partial charge >= 0.3 is 0 Å². The van der Waals surface area contributed by atoms with Crippen LogP contribution in [0.5, 0.6) is 0 Å². The van der Waals surface area contributed by atoms with Gasteiger partial charge in [-0.2, -0.15) is 0 Å². The van der Waals surface area contributed by atoms with E-state index in [0.29, 0.717) is 23.6 Å². The van der Waals surface area contributed by atoms with Crippen molar-refractivity contribution in [1.29, 1.82) is 0 Å². The third-order valence-corrected chi connectivity index (χ3v) is 2.53. The maximum atomic E-state index is 10.4. The third-order valence-electron chi connectivity index (χ3n) is 2.22. The van der Waals surface area contributed by atoms with Crippen LogP contribution in [-0.4, -0.2) is 10.1 Å². The van der Waals surface area contributed by atoms with E-state index in [-0.39, 0.29) is 0 Å². The maximum Gasteiger partial charge on any atom is 0.135 e. The van der Waals surface area contributed by atoms with Crippen molar-refractivity contribution in [3.63, 3.8) is 0 Å². The first-order chi connectivity index (χ1) is 7.14. The molecular weight excluding hydrogens is 210 g/mol. The lowest BCUT2D eigenvalue weighted by Crippen LogP contribution is -2.24. The number of halogens is 1. The topological polar surface area (TPSA) is 33.1 Å². The van der Waals surface area contributed by atoms with Crippen LogP contribution in [0, 0.1) is 0 Å². The van der Waals surface area contributed by atoms with Gasteiger partial charge in [0.2, 0.25) is 0 Å². The quantitative estimate of drug-likeness (QED) is 0.615. The van der Waals surface area contributed by atoms with Crippen LogP contribution in [0.2, 0.25) is 5.15 Å². The Morgan fingerprint density at radius 3 is 2.47 bits per heavy atom. The zero-order valence-corrected chi connectivity index (χ0v) is 9.24. The first-order valence-electron chi connectivity index (χ1n) is 4.69. The van der Waals surface area contributed by atoms with E-state index in [1.807, 2.05) is 0 Å². The number of hydrogen-bond donors (Lipinski definition) is 1. The summed E-state index contributed by atoms with van der Waals surface area (Å²) in [4.78, 5) is 3.95. The van der Waals surface area contributed by atoms with Gasteiger partial charge in [-0.25, -0.2) is 4.98 Å². The van der Waals surface area contributed by atoms with Crippen LogP contribution in [0.1, 0.15) is 18.4 Å². The van der Waals surface area contributed by atoms with Gasteiger partial charge in [0.25, 0.3) is 0 Å². The van der Waals surface area contributed by atoms with Gasteiger partial charge in [0, 0.05) is 11.8 Å². The van der Waals surface area contributed by atoms with Crippen molar-refractivity contribution in [1.82, 2.24) is 4.98 Å². The van der Waals surface area contributed by atoms with Gasteiger partial charge in [0.05, 0.1) is 5.60 Å². The van der Waals surface area contributed by atoms with Gasteiger partial charge in [-0.3, -0.25) is 0 Å². The Hall–Kier alpha value is -1.12. The lowest BCUT2D eigenvalue weighted by Gasteiger charge is -2.26. The molecule has 0 saturated heterocycles. The van der Waals surface area contributed by atoms with Crippen molar-refractivity contribution in [2.24, 2.45) is 0 Å².